The number of phenolic OH excluding ortho intramolecular Hbond substituents is 1. The Bertz CT molecular complexity index is 1290. The molecule has 7 nitrogen and oxygen atoms in total. The van der Waals surface area contributed by atoms with Crippen LogP contribution in [-0.2, 0) is 22.9 Å². The van der Waals surface area contributed by atoms with Crippen LogP contribution in [0, 0.1) is 0 Å². The minimum absolute atomic E-state index is 0.0314. The molecular weight excluding hydrogens is 444 g/mol. The summed E-state index contributed by atoms with van der Waals surface area (Å²) in [5.74, 6) is -1.06. The number of Topliss-reactive ketones (excluding diaryl/α,β-unsaturated/α-hetero) is 1. The number of carbonyl (C=O) groups is 2. The maximum absolute atomic E-state index is 12.9. The summed E-state index contributed by atoms with van der Waals surface area (Å²) in [7, 11) is -3.88. The predicted octanol–water partition coefficient (Wildman–Crippen LogP) is 4.66. The predicted molar refractivity (Wildman–Crippen MR) is 122 cm³/mol. The van der Waals surface area contributed by atoms with Crippen molar-refractivity contribution in [2.24, 2.45) is 0 Å². The molecule has 0 saturated heterocycles. The number of sulfone groups is 1. The lowest BCUT2D eigenvalue weighted by atomic mass is 10.0. The fourth-order valence-electron chi connectivity index (χ4n) is 3.39. The Balaban J connectivity index is 1.81. The van der Waals surface area contributed by atoms with E-state index in [-0.39, 0.29) is 39.1 Å². The van der Waals surface area contributed by atoms with Crippen LogP contribution in [0.1, 0.15) is 52.1 Å². The summed E-state index contributed by atoms with van der Waals surface area (Å²) in [6.45, 7) is 3.47. The monoisotopic (exact) mass is 468 g/mol. The van der Waals surface area contributed by atoms with Crippen molar-refractivity contribution in [1.29, 1.82) is 0 Å². The number of carboxylic acids is 1. The highest BCUT2D eigenvalue weighted by molar-refractivity contribution is 7.91. The van der Waals surface area contributed by atoms with Crippen LogP contribution in [0.15, 0.2) is 70.5 Å². The molecule has 0 aliphatic rings. The Morgan fingerprint density at radius 1 is 0.970 bits per heavy atom. The molecule has 0 atom stereocenters. The fraction of sp³-hybridized carbons (Fsp3) is 0.200. The second-order valence-electron chi connectivity index (χ2n) is 7.51. The lowest BCUT2D eigenvalue weighted by Gasteiger charge is -2.15. The molecule has 0 radical (unpaired) electrons. The van der Waals surface area contributed by atoms with Gasteiger partial charge in [0.15, 0.2) is 5.78 Å². The summed E-state index contributed by atoms with van der Waals surface area (Å²) in [5.41, 5.74) is 1.39. The summed E-state index contributed by atoms with van der Waals surface area (Å²) in [5, 5.41) is 19.6. The lowest BCUT2D eigenvalue weighted by molar-refractivity contribution is 0.0696. The van der Waals surface area contributed by atoms with E-state index in [4.69, 9.17) is 9.84 Å². The van der Waals surface area contributed by atoms with E-state index < -0.39 is 15.8 Å². The summed E-state index contributed by atoms with van der Waals surface area (Å²) in [6.07, 6.45) is 1.29. The number of benzene rings is 3. The number of aromatic hydroxyl groups is 1. The van der Waals surface area contributed by atoms with Gasteiger partial charge in [-0.25, -0.2) is 13.2 Å². The molecular formula is C25H24O7S. The molecule has 0 amide bonds. The molecule has 0 aliphatic heterocycles. The standard InChI is InChI=1S/C25H24O7S/c1-3-5-22-23(13-12-21(16(2)26)24(22)27)32-15-17-8-10-19(11-9-17)33(30,31)20-7-4-6-18(14-20)25(28)29/h4,6-14,27H,3,5,15H2,1-2H3,(H,28,29). The van der Waals surface area contributed by atoms with E-state index in [9.17, 15) is 23.1 Å². The van der Waals surface area contributed by atoms with Crippen molar-refractivity contribution >= 4 is 21.6 Å². The molecule has 0 aliphatic carbocycles. The van der Waals surface area contributed by atoms with Gasteiger partial charge in [0, 0.05) is 5.56 Å². The first-order valence-corrected chi connectivity index (χ1v) is 11.8. The zero-order chi connectivity index (χ0) is 24.2. The molecule has 0 unspecified atom stereocenters. The van der Waals surface area contributed by atoms with Crippen LogP contribution < -0.4 is 4.74 Å². The van der Waals surface area contributed by atoms with Crippen LogP contribution in [0.4, 0.5) is 0 Å². The molecule has 172 valence electrons. The molecule has 0 fully saturated rings. The largest absolute Gasteiger partial charge is 0.507 e. The first-order chi connectivity index (χ1) is 15.6. The molecule has 0 bridgehead atoms. The van der Waals surface area contributed by atoms with Crippen molar-refractivity contribution in [3.8, 4) is 11.5 Å². The smallest absolute Gasteiger partial charge is 0.335 e. The van der Waals surface area contributed by atoms with Gasteiger partial charge < -0.3 is 14.9 Å². The van der Waals surface area contributed by atoms with Crippen LogP contribution in [0.5, 0.6) is 11.5 Å². The summed E-state index contributed by atoms with van der Waals surface area (Å²) in [6, 6.07) is 14.5. The van der Waals surface area contributed by atoms with Gasteiger partial charge in [0.25, 0.3) is 0 Å². The van der Waals surface area contributed by atoms with Crippen molar-refractivity contribution in [2.45, 2.75) is 43.1 Å². The Hall–Kier alpha value is -3.65. The molecule has 3 aromatic rings. The molecule has 8 heteroatoms. The number of rotatable bonds is 9. The molecule has 0 aromatic heterocycles. The van der Waals surface area contributed by atoms with Crippen molar-refractivity contribution in [3.63, 3.8) is 0 Å². The van der Waals surface area contributed by atoms with Gasteiger partial charge in [-0.15, -0.1) is 0 Å². The normalized spacial score (nSPS) is 11.2. The fourth-order valence-corrected chi connectivity index (χ4v) is 4.69. The number of ether oxygens (including phenoxy) is 1. The molecule has 0 spiro atoms. The third-order valence-corrected chi connectivity index (χ3v) is 6.91. The number of ketones is 1. The van der Waals surface area contributed by atoms with Gasteiger partial charge >= 0.3 is 5.97 Å². The minimum atomic E-state index is -3.88. The topological polar surface area (TPSA) is 118 Å². The molecule has 3 rings (SSSR count). The number of carbonyl (C=O) groups excluding carboxylic acids is 1. The van der Waals surface area contributed by atoms with Crippen molar-refractivity contribution in [3.05, 3.63) is 82.9 Å². The van der Waals surface area contributed by atoms with Crippen LogP contribution in [-0.4, -0.2) is 30.4 Å². The zero-order valence-electron chi connectivity index (χ0n) is 18.2. The quantitative estimate of drug-likeness (QED) is 0.439. The van der Waals surface area contributed by atoms with E-state index >= 15 is 0 Å². The van der Waals surface area contributed by atoms with Crippen molar-refractivity contribution < 1.29 is 33.0 Å². The first-order valence-electron chi connectivity index (χ1n) is 10.3. The molecule has 33 heavy (non-hydrogen) atoms. The second kappa shape index (κ2) is 9.87. The van der Waals surface area contributed by atoms with Crippen LogP contribution >= 0.6 is 0 Å². The molecule has 0 saturated carbocycles. The highest BCUT2D eigenvalue weighted by Gasteiger charge is 2.20. The van der Waals surface area contributed by atoms with E-state index in [0.29, 0.717) is 23.3 Å². The van der Waals surface area contributed by atoms with E-state index in [1.165, 1.54) is 43.3 Å². The Morgan fingerprint density at radius 3 is 2.27 bits per heavy atom. The number of hydrogen-bond acceptors (Lipinski definition) is 6. The number of phenols is 1. The van der Waals surface area contributed by atoms with Gasteiger partial charge in [-0.3, -0.25) is 4.79 Å². The summed E-state index contributed by atoms with van der Waals surface area (Å²) >= 11 is 0. The van der Waals surface area contributed by atoms with E-state index in [2.05, 4.69) is 0 Å². The molecule has 0 heterocycles. The summed E-state index contributed by atoms with van der Waals surface area (Å²) < 4.78 is 31.6. The van der Waals surface area contributed by atoms with E-state index in [1.54, 1.807) is 18.2 Å². The third-order valence-electron chi connectivity index (χ3n) is 5.14. The van der Waals surface area contributed by atoms with Crippen molar-refractivity contribution in [2.75, 3.05) is 0 Å². The van der Waals surface area contributed by atoms with Gasteiger partial charge in [0.05, 0.1) is 20.9 Å². The number of aromatic carboxylic acids is 1. The van der Waals surface area contributed by atoms with Crippen LogP contribution in [0.2, 0.25) is 0 Å². The van der Waals surface area contributed by atoms with E-state index in [1.807, 2.05) is 6.92 Å². The second-order valence-corrected chi connectivity index (χ2v) is 9.46. The average molecular weight is 469 g/mol. The highest BCUT2D eigenvalue weighted by atomic mass is 32.2. The lowest BCUT2D eigenvalue weighted by Crippen LogP contribution is -2.05. The van der Waals surface area contributed by atoms with Gasteiger partial charge in [-0.05, 0) is 61.4 Å². The van der Waals surface area contributed by atoms with Gasteiger partial charge in [0.2, 0.25) is 9.84 Å². The number of carboxylic acid groups (broad SMARTS) is 1. The van der Waals surface area contributed by atoms with Gasteiger partial charge in [-0.1, -0.05) is 31.5 Å². The minimum Gasteiger partial charge on any atom is -0.507 e. The number of hydrogen-bond donors (Lipinski definition) is 2. The molecule has 2 N–H and O–H groups in total. The third kappa shape index (κ3) is 5.23. The first kappa shape index (κ1) is 24.0. The average Bonchev–Trinajstić information content (AvgIpc) is 2.79. The Labute approximate surface area is 192 Å². The molecule has 3 aromatic carbocycles. The SMILES string of the molecule is CCCc1c(OCc2ccc(S(=O)(=O)c3cccc(C(=O)O)c3)cc2)ccc(C(C)=O)c1O. The zero-order valence-corrected chi connectivity index (χ0v) is 19.1. The van der Waals surface area contributed by atoms with Crippen LogP contribution in [0.3, 0.4) is 0 Å². The maximum Gasteiger partial charge on any atom is 0.335 e. The maximum atomic E-state index is 12.9. The van der Waals surface area contributed by atoms with E-state index in [0.717, 1.165) is 12.5 Å². The Kier molecular flexibility index (Phi) is 7.18. The van der Waals surface area contributed by atoms with Gasteiger partial charge in [-0.2, -0.15) is 0 Å². The summed E-state index contributed by atoms with van der Waals surface area (Å²) in [4.78, 5) is 22.8. The highest BCUT2D eigenvalue weighted by Crippen LogP contribution is 2.33. The van der Waals surface area contributed by atoms with Crippen LogP contribution in [0.25, 0.3) is 0 Å². The van der Waals surface area contributed by atoms with Crippen molar-refractivity contribution in [1.82, 2.24) is 0 Å². The van der Waals surface area contributed by atoms with Gasteiger partial charge in [0.1, 0.15) is 18.1 Å². The Morgan fingerprint density at radius 2 is 1.67 bits per heavy atom.